The third kappa shape index (κ3) is 4.10. The maximum absolute atomic E-state index is 12.0. The van der Waals surface area contributed by atoms with Crippen LogP contribution in [0.3, 0.4) is 0 Å². The highest BCUT2D eigenvalue weighted by Gasteiger charge is 2.08. The van der Waals surface area contributed by atoms with Gasteiger partial charge in [0.2, 0.25) is 5.91 Å². The number of nitrogens with zero attached hydrogens (tertiary/aromatic N) is 2. The van der Waals surface area contributed by atoms with Crippen molar-refractivity contribution < 1.29 is 4.79 Å². The summed E-state index contributed by atoms with van der Waals surface area (Å²) in [5, 5.41) is 3.11. The van der Waals surface area contributed by atoms with Crippen molar-refractivity contribution in [3.63, 3.8) is 0 Å². The number of rotatable bonds is 5. The highest BCUT2D eigenvalue weighted by atomic mass is 16.2. The fourth-order valence-electron chi connectivity index (χ4n) is 1.72. The first-order valence-electron chi connectivity index (χ1n) is 6.17. The summed E-state index contributed by atoms with van der Waals surface area (Å²) in [5.41, 5.74) is 2.03. The van der Waals surface area contributed by atoms with Crippen LogP contribution in [0.2, 0.25) is 0 Å². The van der Waals surface area contributed by atoms with Crippen molar-refractivity contribution in [3.05, 3.63) is 60.4 Å². The van der Waals surface area contributed by atoms with E-state index >= 15 is 0 Å². The van der Waals surface area contributed by atoms with Gasteiger partial charge in [-0.25, -0.2) is 0 Å². The van der Waals surface area contributed by atoms with Gasteiger partial charge >= 0.3 is 0 Å². The van der Waals surface area contributed by atoms with E-state index in [1.165, 1.54) is 0 Å². The van der Waals surface area contributed by atoms with Gasteiger partial charge in [-0.2, -0.15) is 0 Å². The van der Waals surface area contributed by atoms with Crippen LogP contribution >= 0.6 is 0 Å². The Kier molecular flexibility index (Phi) is 4.50. The van der Waals surface area contributed by atoms with E-state index in [1.807, 2.05) is 42.5 Å². The van der Waals surface area contributed by atoms with Gasteiger partial charge < -0.3 is 10.2 Å². The number of amides is 1. The second-order valence-electron chi connectivity index (χ2n) is 4.32. The van der Waals surface area contributed by atoms with Gasteiger partial charge in [-0.1, -0.05) is 18.2 Å². The number of carbonyl (C=O) groups is 1. The van der Waals surface area contributed by atoms with E-state index < -0.39 is 0 Å². The van der Waals surface area contributed by atoms with Crippen molar-refractivity contribution in [2.75, 3.05) is 18.9 Å². The number of pyridine rings is 1. The summed E-state index contributed by atoms with van der Waals surface area (Å²) in [6, 6.07) is 13.5. The van der Waals surface area contributed by atoms with Gasteiger partial charge in [-0.3, -0.25) is 9.78 Å². The van der Waals surface area contributed by atoms with Crippen molar-refractivity contribution in [1.82, 2.24) is 9.88 Å². The summed E-state index contributed by atoms with van der Waals surface area (Å²) < 4.78 is 0. The molecule has 4 nitrogen and oxygen atoms in total. The fraction of sp³-hybridized carbons (Fsp3) is 0.200. The van der Waals surface area contributed by atoms with E-state index in [-0.39, 0.29) is 5.91 Å². The van der Waals surface area contributed by atoms with Gasteiger partial charge in [-0.05, 0) is 29.8 Å². The zero-order chi connectivity index (χ0) is 13.5. The summed E-state index contributed by atoms with van der Waals surface area (Å²) in [7, 11) is 1.80. The lowest BCUT2D eigenvalue weighted by molar-refractivity contribution is -0.128. The van der Waals surface area contributed by atoms with E-state index in [4.69, 9.17) is 0 Å². The van der Waals surface area contributed by atoms with Gasteiger partial charge in [0.15, 0.2) is 0 Å². The van der Waals surface area contributed by atoms with Crippen molar-refractivity contribution in [2.24, 2.45) is 0 Å². The van der Waals surface area contributed by atoms with E-state index in [0.717, 1.165) is 11.3 Å². The summed E-state index contributed by atoms with van der Waals surface area (Å²) in [5.74, 6) is 0.0562. The van der Waals surface area contributed by atoms with Crippen molar-refractivity contribution in [2.45, 2.75) is 6.54 Å². The Labute approximate surface area is 113 Å². The molecule has 0 bridgehead atoms. The number of nitrogens with one attached hydrogen (secondary N) is 1. The molecule has 98 valence electrons. The molecule has 4 heteroatoms. The number of hydrogen-bond acceptors (Lipinski definition) is 3. The van der Waals surface area contributed by atoms with Crippen LogP contribution in [0, 0.1) is 0 Å². The van der Waals surface area contributed by atoms with Crippen molar-refractivity contribution >= 4 is 11.6 Å². The van der Waals surface area contributed by atoms with E-state index in [9.17, 15) is 4.79 Å². The number of carbonyl (C=O) groups excluding carboxylic acids is 1. The number of hydrogen-bond donors (Lipinski definition) is 1. The molecule has 0 aliphatic carbocycles. The highest BCUT2D eigenvalue weighted by Crippen LogP contribution is 2.05. The Morgan fingerprint density at radius 1 is 1.16 bits per heavy atom. The number of anilines is 1. The minimum absolute atomic E-state index is 0.0562. The zero-order valence-electron chi connectivity index (χ0n) is 10.9. The second kappa shape index (κ2) is 6.54. The van der Waals surface area contributed by atoms with Crippen LogP contribution in [0.5, 0.6) is 0 Å². The first-order chi connectivity index (χ1) is 9.25. The molecule has 1 aromatic carbocycles. The molecule has 1 N–H and O–H groups in total. The molecule has 0 fully saturated rings. The standard InChI is InChI=1S/C15H17N3O/c1-18(12-13-7-9-16-10-8-13)15(19)11-17-14-5-3-2-4-6-14/h2-10,17H,11-12H2,1H3. The lowest BCUT2D eigenvalue weighted by Gasteiger charge is -2.17. The molecular formula is C15H17N3O. The smallest absolute Gasteiger partial charge is 0.241 e. The quantitative estimate of drug-likeness (QED) is 0.890. The molecule has 0 saturated carbocycles. The number of benzene rings is 1. The van der Waals surface area contributed by atoms with Gasteiger partial charge in [0, 0.05) is 31.7 Å². The first-order valence-corrected chi connectivity index (χ1v) is 6.17. The minimum atomic E-state index is 0.0562. The van der Waals surface area contributed by atoms with Gasteiger partial charge in [0.1, 0.15) is 0 Å². The van der Waals surface area contributed by atoms with Crippen LogP contribution in [-0.2, 0) is 11.3 Å². The van der Waals surface area contributed by atoms with Gasteiger partial charge in [0.25, 0.3) is 0 Å². The Bertz CT molecular complexity index is 513. The maximum Gasteiger partial charge on any atom is 0.241 e. The first kappa shape index (κ1) is 13.1. The molecular weight excluding hydrogens is 238 g/mol. The molecule has 19 heavy (non-hydrogen) atoms. The van der Waals surface area contributed by atoms with E-state index in [2.05, 4.69) is 10.3 Å². The van der Waals surface area contributed by atoms with Crippen LogP contribution in [0.15, 0.2) is 54.9 Å². The predicted molar refractivity (Wildman–Crippen MR) is 75.6 cm³/mol. The van der Waals surface area contributed by atoms with Crippen LogP contribution in [0.1, 0.15) is 5.56 Å². The molecule has 0 spiro atoms. The number of likely N-dealkylation sites (N-methyl/N-ethyl adjacent to an activating group) is 1. The van der Waals surface area contributed by atoms with Crippen LogP contribution in [0.25, 0.3) is 0 Å². The molecule has 2 rings (SSSR count). The second-order valence-corrected chi connectivity index (χ2v) is 4.32. The number of aromatic nitrogens is 1. The summed E-state index contributed by atoms with van der Waals surface area (Å²) in [6.07, 6.45) is 3.46. The van der Waals surface area contributed by atoms with Crippen molar-refractivity contribution in [3.8, 4) is 0 Å². The molecule has 0 radical (unpaired) electrons. The molecule has 0 unspecified atom stereocenters. The summed E-state index contributed by atoms with van der Waals surface area (Å²) >= 11 is 0. The molecule has 0 saturated heterocycles. The molecule has 0 aliphatic rings. The zero-order valence-corrected chi connectivity index (χ0v) is 10.9. The monoisotopic (exact) mass is 255 g/mol. The van der Waals surface area contributed by atoms with E-state index in [1.54, 1.807) is 24.3 Å². The minimum Gasteiger partial charge on any atom is -0.376 e. The van der Waals surface area contributed by atoms with Crippen LogP contribution < -0.4 is 5.32 Å². The maximum atomic E-state index is 12.0. The molecule has 1 heterocycles. The topological polar surface area (TPSA) is 45.2 Å². The third-order valence-corrected chi connectivity index (χ3v) is 2.81. The molecule has 2 aromatic rings. The average Bonchev–Trinajstić information content (AvgIpc) is 2.47. The Hall–Kier alpha value is -2.36. The predicted octanol–water partition coefficient (Wildman–Crippen LogP) is 2.15. The molecule has 1 aromatic heterocycles. The summed E-state index contributed by atoms with van der Waals surface area (Å²) in [4.78, 5) is 17.6. The van der Waals surface area contributed by atoms with E-state index in [0.29, 0.717) is 13.1 Å². The SMILES string of the molecule is CN(Cc1ccncc1)C(=O)CNc1ccccc1. The Balaban J connectivity index is 1.83. The van der Waals surface area contributed by atoms with Gasteiger partial charge in [0.05, 0.1) is 6.54 Å². The van der Waals surface area contributed by atoms with Gasteiger partial charge in [-0.15, -0.1) is 0 Å². The summed E-state index contributed by atoms with van der Waals surface area (Å²) in [6.45, 7) is 0.892. The van der Waals surface area contributed by atoms with Crippen LogP contribution in [0.4, 0.5) is 5.69 Å². The lowest BCUT2D eigenvalue weighted by Crippen LogP contribution is -2.31. The average molecular weight is 255 g/mol. The lowest BCUT2D eigenvalue weighted by atomic mass is 10.2. The van der Waals surface area contributed by atoms with Crippen LogP contribution in [-0.4, -0.2) is 29.4 Å². The molecule has 0 aliphatic heterocycles. The highest BCUT2D eigenvalue weighted by molar-refractivity contribution is 5.80. The fourth-order valence-corrected chi connectivity index (χ4v) is 1.72. The number of para-hydroxylation sites is 1. The molecule has 1 amide bonds. The Morgan fingerprint density at radius 2 is 1.84 bits per heavy atom. The van der Waals surface area contributed by atoms with Crippen molar-refractivity contribution in [1.29, 1.82) is 0 Å². The normalized spacial score (nSPS) is 9.95. The Morgan fingerprint density at radius 3 is 2.53 bits per heavy atom. The third-order valence-electron chi connectivity index (χ3n) is 2.81. The molecule has 0 atom stereocenters. The largest absolute Gasteiger partial charge is 0.376 e.